The first-order chi connectivity index (χ1) is 19.6. The molecule has 0 heterocycles. The fourth-order valence-corrected chi connectivity index (χ4v) is 3.21. The summed E-state index contributed by atoms with van der Waals surface area (Å²) in [6.07, 6.45) is 6.55. The van der Waals surface area contributed by atoms with Gasteiger partial charge in [-0.2, -0.15) is 9.98 Å². The highest BCUT2D eigenvalue weighted by Crippen LogP contribution is 2.16. The molecule has 2 rings (SSSR count). The van der Waals surface area contributed by atoms with E-state index in [1.165, 1.54) is 12.2 Å². The number of hydrogen-bond donors (Lipinski definition) is 2. The molecule has 214 valence electrons. The Kier molecular flexibility index (Phi) is 16.4. The number of isocyanates is 2. The van der Waals surface area contributed by atoms with Crippen LogP contribution in [0.2, 0.25) is 0 Å². The fourth-order valence-electron chi connectivity index (χ4n) is 3.21. The molecule has 2 amide bonds. The number of aliphatic imine (C=N–C) groups is 2. The van der Waals surface area contributed by atoms with Crippen LogP contribution in [0.15, 0.2) is 58.5 Å². The smallest absolute Gasteiger partial charge is 0.411 e. The molecule has 0 spiro atoms. The highest BCUT2D eigenvalue weighted by atomic mass is 16.6. The van der Waals surface area contributed by atoms with E-state index < -0.39 is 12.2 Å². The molecule has 12 nitrogen and oxygen atoms in total. The van der Waals surface area contributed by atoms with Crippen molar-refractivity contribution < 1.29 is 38.1 Å². The van der Waals surface area contributed by atoms with Crippen LogP contribution in [-0.2, 0) is 28.5 Å². The lowest BCUT2D eigenvalue weighted by molar-refractivity contribution is 0.0937. The number of amides is 2. The Labute approximate surface area is 232 Å². The number of nitrogens with zero attached hydrogens (tertiary/aromatic N) is 2. The zero-order valence-corrected chi connectivity index (χ0v) is 22.3. The fraction of sp³-hybridized carbons (Fsp3) is 0.429. The minimum Gasteiger partial charge on any atom is -0.449 e. The third-order valence-corrected chi connectivity index (χ3v) is 5.24. The van der Waals surface area contributed by atoms with E-state index in [2.05, 4.69) is 20.6 Å². The molecule has 2 N–H and O–H groups in total. The normalized spacial score (nSPS) is 10.1. The lowest BCUT2D eigenvalue weighted by Crippen LogP contribution is -2.14. The Morgan fingerprint density at radius 3 is 1.20 bits per heavy atom. The SMILES string of the molecule is O=C=Nc1ccc(NC(=O)OCCCCOCCCCOCCCCOC(=O)Nc2ccc(N=C=O)cc2)cc1. The summed E-state index contributed by atoms with van der Waals surface area (Å²) < 4.78 is 21.4. The highest BCUT2D eigenvalue weighted by Gasteiger charge is 2.04. The van der Waals surface area contributed by atoms with Crippen LogP contribution in [0.25, 0.3) is 0 Å². The number of carbonyl (C=O) groups excluding carboxylic acids is 4. The predicted octanol–water partition coefficient (Wildman–Crippen LogP) is 5.79. The van der Waals surface area contributed by atoms with Crippen LogP contribution < -0.4 is 10.6 Å². The average Bonchev–Trinajstić information content (AvgIpc) is 2.95. The Bertz CT molecular complexity index is 1020. The van der Waals surface area contributed by atoms with Gasteiger partial charge in [0.1, 0.15) is 0 Å². The molecule has 0 aromatic heterocycles. The minimum absolute atomic E-state index is 0.291. The Balaban J connectivity index is 1.32. The van der Waals surface area contributed by atoms with E-state index in [4.69, 9.17) is 18.9 Å². The average molecular weight is 555 g/mol. The second kappa shape index (κ2) is 20.6. The van der Waals surface area contributed by atoms with Gasteiger partial charge in [0.05, 0.1) is 24.6 Å². The van der Waals surface area contributed by atoms with Gasteiger partial charge >= 0.3 is 12.2 Å². The van der Waals surface area contributed by atoms with Crippen LogP contribution in [0.4, 0.5) is 32.3 Å². The largest absolute Gasteiger partial charge is 0.449 e. The summed E-state index contributed by atoms with van der Waals surface area (Å²) in [7, 11) is 0. The van der Waals surface area contributed by atoms with Crippen LogP contribution in [0.5, 0.6) is 0 Å². The summed E-state index contributed by atoms with van der Waals surface area (Å²) in [5.74, 6) is 0. The molecule has 0 bridgehead atoms. The van der Waals surface area contributed by atoms with Crippen molar-refractivity contribution in [3.8, 4) is 0 Å². The first-order valence-corrected chi connectivity index (χ1v) is 13.0. The third kappa shape index (κ3) is 15.2. The number of hydrogen-bond acceptors (Lipinski definition) is 10. The standard InChI is InChI=1S/C28H34N4O8/c33-21-29-23-7-11-25(12-8-23)31-27(35)39-19-5-3-17-37-15-1-2-16-38-18-4-6-20-40-28(36)32-26-13-9-24(10-14-26)30-22-34/h7-14H,1-6,15-20H2,(H,31,35)(H,32,36). The predicted molar refractivity (Wildman–Crippen MR) is 148 cm³/mol. The first-order valence-electron chi connectivity index (χ1n) is 13.0. The molecular formula is C28H34N4O8. The van der Waals surface area contributed by atoms with Gasteiger partial charge in [-0.15, -0.1) is 0 Å². The molecule has 0 saturated carbocycles. The topological polar surface area (TPSA) is 154 Å². The number of rotatable bonds is 19. The van der Waals surface area contributed by atoms with Crippen molar-refractivity contribution in [2.24, 2.45) is 9.98 Å². The summed E-state index contributed by atoms with van der Waals surface area (Å²) in [5.41, 5.74) is 2.00. The van der Waals surface area contributed by atoms with Crippen LogP contribution in [0, 0.1) is 0 Å². The zero-order chi connectivity index (χ0) is 28.7. The van der Waals surface area contributed by atoms with Crippen LogP contribution in [0.1, 0.15) is 38.5 Å². The molecule has 2 aromatic rings. The van der Waals surface area contributed by atoms with Crippen molar-refractivity contribution in [2.75, 3.05) is 50.3 Å². The van der Waals surface area contributed by atoms with Gasteiger partial charge in [-0.1, -0.05) is 0 Å². The van der Waals surface area contributed by atoms with Crippen LogP contribution in [0.3, 0.4) is 0 Å². The number of carbonyl (C=O) groups is 2. The maximum Gasteiger partial charge on any atom is 0.411 e. The second-order valence-corrected chi connectivity index (χ2v) is 8.37. The molecule has 0 unspecified atom stereocenters. The van der Waals surface area contributed by atoms with Gasteiger partial charge in [0.25, 0.3) is 0 Å². The van der Waals surface area contributed by atoms with Crippen LogP contribution >= 0.6 is 0 Å². The molecule has 0 aliphatic rings. The number of nitrogens with one attached hydrogen (secondary N) is 2. The summed E-state index contributed by atoms with van der Waals surface area (Å²) in [4.78, 5) is 50.9. The summed E-state index contributed by atoms with van der Waals surface area (Å²) in [6.45, 7) is 3.06. The molecule has 40 heavy (non-hydrogen) atoms. The monoisotopic (exact) mass is 554 g/mol. The Hall–Kier alpha value is -4.34. The van der Waals surface area contributed by atoms with E-state index in [1.54, 1.807) is 48.5 Å². The molecule has 2 aromatic carbocycles. The summed E-state index contributed by atoms with van der Waals surface area (Å²) in [5, 5.41) is 5.20. The molecule has 0 aliphatic carbocycles. The maximum absolute atomic E-state index is 11.8. The molecule has 0 radical (unpaired) electrons. The molecule has 0 saturated heterocycles. The zero-order valence-electron chi connectivity index (χ0n) is 22.3. The van der Waals surface area contributed by atoms with Crippen molar-refractivity contribution in [1.29, 1.82) is 0 Å². The minimum atomic E-state index is -0.545. The third-order valence-electron chi connectivity index (χ3n) is 5.24. The highest BCUT2D eigenvalue weighted by molar-refractivity contribution is 5.85. The second-order valence-electron chi connectivity index (χ2n) is 8.37. The quantitative estimate of drug-likeness (QED) is 0.126. The lowest BCUT2D eigenvalue weighted by Gasteiger charge is -2.08. The number of benzene rings is 2. The molecule has 12 heteroatoms. The van der Waals surface area contributed by atoms with Crippen molar-refractivity contribution >= 4 is 47.1 Å². The van der Waals surface area contributed by atoms with Gasteiger partial charge in [-0.25, -0.2) is 19.2 Å². The van der Waals surface area contributed by atoms with Gasteiger partial charge in [0.2, 0.25) is 12.2 Å². The molecule has 0 fully saturated rings. The van der Waals surface area contributed by atoms with E-state index in [0.29, 0.717) is 75.2 Å². The van der Waals surface area contributed by atoms with E-state index in [1.807, 2.05) is 0 Å². The van der Waals surface area contributed by atoms with Crippen molar-refractivity contribution in [2.45, 2.75) is 38.5 Å². The Morgan fingerprint density at radius 2 is 0.875 bits per heavy atom. The van der Waals surface area contributed by atoms with Crippen molar-refractivity contribution in [3.63, 3.8) is 0 Å². The van der Waals surface area contributed by atoms with E-state index in [0.717, 1.165) is 25.7 Å². The van der Waals surface area contributed by atoms with Crippen LogP contribution in [-0.4, -0.2) is 64.0 Å². The summed E-state index contributed by atoms with van der Waals surface area (Å²) >= 11 is 0. The first kappa shape index (κ1) is 31.9. The molecular weight excluding hydrogens is 520 g/mol. The molecule has 0 atom stereocenters. The number of ether oxygens (including phenoxy) is 4. The number of anilines is 2. The van der Waals surface area contributed by atoms with E-state index in [9.17, 15) is 19.2 Å². The van der Waals surface area contributed by atoms with Crippen molar-refractivity contribution in [1.82, 2.24) is 0 Å². The van der Waals surface area contributed by atoms with Gasteiger partial charge < -0.3 is 18.9 Å². The number of unbranched alkanes of at least 4 members (excludes halogenated alkanes) is 3. The Morgan fingerprint density at radius 1 is 0.550 bits per heavy atom. The molecule has 0 aliphatic heterocycles. The van der Waals surface area contributed by atoms with Crippen molar-refractivity contribution in [3.05, 3.63) is 48.5 Å². The van der Waals surface area contributed by atoms with Gasteiger partial charge in [0.15, 0.2) is 0 Å². The summed E-state index contributed by atoms with van der Waals surface area (Å²) in [6, 6.07) is 12.8. The van der Waals surface area contributed by atoms with E-state index in [-0.39, 0.29) is 0 Å². The van der Waals surface area contributed by atoms with Gasteiger partial charge in [-0.3, -0.25) is 10.6 Å². The maximum atomic E-state index is 11.8. The van der Waals surface area contributed by atoms with Gasteiger partial charge in [0, 0.05) is 37.8 Å². The van der Waals surface area contributed by atoms with E-state index >= 15 is 0 Å². The lowest BCUT2D eigenvalue weighted by atomic mass is 10.3. The van der Waals surface area contributed by atoms with Gasteiger partial charge in [-0.05, 0) is 87.1 Å².